The molecule has 0 saturated heterocycles. The van der Waals surface area contributed by atoms with Gasteiger partial charge in [-0.1, -0.05) is 0 Å². The van der Waals surface area contributed by atoms with Gasteiger partial charge >= 0.3 is 5.97 Å². The van der Waals surface area contributed by atoms with Gasteiger partial charge in [-0.25, -0.2) is 0 Å². The maximum Gasteiger partial charge on any atom is 0.326 e. The topological polar surface area (TPSA) is 52.3 Å². The summed E-state index contributed by atoms with van der Waals surface area (Å²) in [6.45, 7) is 2.22. The van der Waals surface area contributed by atoms with E-state index in [-0.39, 0.29) is 5.97 Å². The van der Waals surface area contributed by atoms with Crippen molar-refractivity contribution >= 4 is 5.97 Å². The Morgan fingerprint density at radius 1 is 1.70 bits per heavy atom. The standard InChI is InChI=1S/C7H13NO2/c1-2-10-6(9)7(8)4-3-5-7/h2-5,8H2,1H3. The Labute approximate surface area is 60.5 Å². The van der Waals surface area contributed by atoms with Gasteiger partial charge in [0.1, 0.15) is 5.54 Å². The van der Waals surface area contributed by atoms with E-state index in [9.17, 15) is 4.79 Å². The Morgan fingerprint density at radius 3 is 2.60 bits per heavy atom. The Kier molecular flexibility index (Phi) is 1.94. The molecule has 1 aliphatic rings. The first-order valence-electron chi connectivity index (χ1n) is 3.65. The average molecular weight is 143 g/mol. The molecular weight excluding hydrogens is 130 g/mol. The minimum Gasteiger partial charge on any atom is -0.465 e. The quantitative estimate of drug-likeness (QED) is 0.570. The van der Waals surface area contributed by atoms with Crippen LogP contribution < -0.4 is 5.73 Å². The summed E-state index contributed by atoms with van der Waals surface area (Å²) >= 11 is 0. The van der Waals surface area contributed by atoms with Gasteiger partial charge in [0.25, 0.3) is 0 Å². The average Bonchev–Trinajstić information content (AvgIpc) is 1.83. The van der Waals surface area contributed by atoms with Crippen LogP contribution in [-0.4, -0.2) is 18.1 Å². The summed E-state index contributed by atoms with van der Waals surface area (Å²) in [5.41, 5.74) is 5.03. The molecule has 0 aliphatic heterocycles. The summed E-state index contributed by atoms with van der Waals surface area (Å²) in [4.78, 5) is 11.0. The Balaban J connectivity index is 2.39. The third-order valence-electron chi connectivity index (χ3n) is 1.93. The van der Waals surface area contributed by atoms with E-state index >= 15 is 0 Å². The lowest BCUT2D eigenvalue weighted by molar-refractivity contribution is -0.153. The van der Waals surface area contributed by atoms with Crippen molar-refractivity contribution in [3.63, 3.8) is 0 Å². The largest absolute Gasteiger partial charge is 0.465 e. The van der Waals surface area contributed by atoms with Crippen molar-refractivity contribution in [2.75, 3.05) is 6.61 Å². The van der Waals surface area contributed by atoms with Crippen LogP contribution in [0.5, 0.6) is 0 Å². The highest BCUT2D eigenvalue weighted by Crippen LogP contribution is 2.29. The fourth-order valence-electron chi connectivity index (χ4n) is 1.04. The van der Waals surface area contributed by atoms with Gasteiger partial charge in [-0.2, -0.15) is 0 Å². The molecule has 3 nitrogen and oxygen atoms in total. The summed E-state index contributed by atoms with van der Waals surface area (Å²) in [6, 6.07) is 0. The van der Waals surface area contributed by atoms with Crippen LogP contribution in [0.3, 0.4) is 0 Å². The predicted octanol–water partition coefficient (Wildman–Crippen LogP) is 0.431. The van der Waals surface area contributed by atoms with Crippen LogP contribution in [-0.2, 0) is 9.53 Å². The molecule has 1 aliphatic carbocycles. The summed E-state index contributed by atoms with van der Waals surface area (Å²) in [5, 5.41) is 0. The van der Waals surface area contributed by atoms with Crippen LogP contribution in [0, 0.1) is 0 Å². The van der Waals surface area contributed by atoms with Crippen LogP contribution in [0.25, 0.3) is 0 Å². The van der Waals surface area contributed by atoms with Gasteiger partial charge in [-0.3, -0.25) is 4.79 Å². The molecule has 1 rings (SSSR count). The van der Waals surface area contributed by atoms with E-state index in [1.54, 1.807) is 6.92 Å². The summed E-state index contributed by atoms with van der Waals surface area (Å²) in [5.74, 6) is -0.235. The number of carbonyl (C=O) groups is 1. The highest BCUT2D eigenvalue weighted by molar-refractivity contribution is 5.81. The number of hydrogen-bond donors (Lipinski definition) is 1. The summed E-state index contributed by atoms with van der Waals surface area (Å²) in [6.07, 6.45) is 2.62. The molecule has 0 aromatic carbocycles. The third kappa shape index (κ3) is 1.14. The minimum absolute atomic E-state index is 0.235. The van der Waals surface area contributed by atoms with E-state index in [4.69, 9.17) is 10.5 Å². The van der Waals surface area contributed by atoms with Crippen molar-refractivity contribution in [1.82, 2.24) is 0 Å². The van der Waals surface area contributed by atoms with Gasteiger partial charge in [-0.15, -0.1) is 0 Å². The molecule has 10 heavy (non-hydrogen) atoms. The second-order valence-electron chi connectivity index (χ2n) is 2.73. The van der Waals surface area contributed by atoms with Crippen LogP contribution in [0.1, 0.15) is 26.2 Å². The number of nitrogens with two attached hydrogens (primary N) is 1. The maximum atomic E-state index is 11.0. The van der Waals surface area contributed by atoms with Crippen molar-refractivity contribution in [2.45, 2.75) is 31.7 Å². The van der Waals surface area contributed by atoms with Gasteiger partial charge < -0.3 is 10.5 Å². The van der Waals surface area contributed by atoms with Crippen LogP contribution in [0.2, 0.25) is 0 Å². The van der Waals surface area contributed by atoms with Crippen LogP contribution in [0.4, 0.5) is 0 Å². The lowest BCUT2D eigenvalue weighted by Gasteiger charge is -2.34. The van der Waals surface area contributed by atoms with Crippen molar-refractivity contribution < 1.29 is 9.53 Å². The zero-order chi connectivity index (χ0) is 7.61. The van der Waals surface area contributed by atoms with Gasteiger partial charge in [0.15, 0.2) is 0 Å². The van der Waals surface area contributed by atoms with Gasteiger partial charge in [0, 0.05) is 0 Å². The predicted molar refractivity (Wildman–Crippen MR) is 37.4 cm³/mol. The molecule has 1 saturated carbocycles. The first-order valence-corrected chi connectivity index (χ1v) is 3.65. The molecule has 0 radical (unpaired) electrons. The molecule has 1 fully saturated rings. The van der Waals surface area contributed by atoms with Gasteiger partial charge in [0.2, 0.25) is 0 Å². The Hall–Kier alpha value is -0.570. The fourth-order valence-corrected chi connectivity index (χ4v) is 1.04. The third-order valence-corrected chi connectivity index (χ3v) is 1.93. The molecule has 0 unspecified atom stereocenters. The molecule has 0 spiro atoms. The molecular formula is C7H13NO2. The van der Waals surface area contributed by atoms with Crippen LogP contribution >= 0.6 is 0 Å². The van der Waals surface area contributed by atoms with E-state index in [0.717, 1.165) is 19.3 Å². The summed E-state index contributed by atoms with van der Waals surface area (Å²) in [7, 11) is 0. The SMILES string of the molecule is CCOC(=O)C1(N)CCC1. The van der Waals surface area contributed by atoms with E-state index in [1.165, 1.54) is 0 Å². The number of rotatable bonds is 2. The zero-order valence-corrected chi connectivity index (χ0v) is 6.22. The number of carbonyl (C=O) groups excluding carboxylic acids is 1. The monoisotopic (exact) mass is 143 g/mol. The zero-order valence-electron chi connectivity index (χ0n) is 6.22. The highest BCUT2D eigenvalue weighted by Gasteiger charge is 2.41. The fraction of sp³-hybridized carbons (Fsp3) is 0.857. The number of ether oxygens (including phenoxy) is 1. The van der Waals surface area contributed by atoms with E-state index in [0.29, 0.717) is 6.61 Å². The number of esters is 1. The molecule has 0 aromatic rings. The molecule has 2 N–H and O–H groups in total. The van der Waals surface area contributed by atoms with E-state index in [1.807, 2.05) is 0 Å². The lowest BCUT2D eigenvalue weighted by atomic mass is 9.78. The molecule has 0 atom stereocenters. The Bertz CT molecular complexity index is 141. The van der Waals surface area contributed by atoms with Crippen molar-refractivity contribution in [2.24, 2.45) is 5.73 Å². The molecule has 0 heterocycles. The second kappa shape index (κ2) is 2.58. The van der Waals surface area contributed by atoms with Crippen LogP contribution in [0.15, 0.2) is 0 Å². The first kappa shape index (κ1) is 7.54. The number of hydrogen-bond acceptors (Lipinski definition) is 3. The maximum absolute atomic E-state index is 11.0. The Morgan fingerprint density at radius 2 is 2.30 bits per heavy atom. The van der Waals surface area contributed by atoms with E-state index in [2.05, 4.69) is 0 Å². The molecule has 58 valence electrons. The molecule has 3 heteroatoms. The molecule has 0 amide bonds. The highest BCUT2D eigenvalue weighted by atomic mass is 16.5. The minimum atomic E-state index is -0.629. The van der Waals surface area contributed by atoms with Gasteiger partial charge in [-0.05, 0) is 26.2 Å². The molecule has 0 aromatic heterocycles. The van der Waals surface area contributed by atoms with E-state index < -0.39 is 5.54 Å². The smallest absolute Gasteiger partial charge is 0.326 e. The van der Waals surface area contributed by atoms with Gasteiger partial charge in [0.05, 0.1) is 6.61 Å². The normalized spacial score (nSPS) is 21.4. The second-order valence-corrected chi connectivity index (χ2v) is 2.73. The van der Waals surface area contributed by atoms with Crippen molar-refractivity contribution in [1.29, 1.82) is 0 Å². The molecule has 0 bridgehead atoms. The lowest BCUT2D eigenvalue weighted by Crippen LogP contribution is -2.54. The summed E-state index contributed by atoms with van der Waals surface area (Å²) < 4.78 is 4.78. The van der Waals surface area contributed by atoms with Crippen molar-refractivity contribution in [3.8, 4) is 0 Å². The van der Waals surface area contributed by atoms with Crippen molar-refractivity contribution in [3.05, 3.63) is 0 Å². The first-order chi connectivity index (χ1) is 4.69.